The third-order valence-electron chi connectivity index (χ3n) is 3.92. The van der Waals surface area contributed by atoms with Crippen LogP contribution in [0.25, 0.3) is 5.65 Å². The van der Waals surface area contributed by atoms with Gasteiger partial charge in [-0.1, -0.05) is 0 Å². The quantitative estimate of drug-likeness (QED) is 0.821. The number of nitrogens with one attached hydrogen (secondary N) is 1. The molecular formula is C13H18N6O. The maximum absolute atomic E-state index is 12.0. The third kappa shape index (κ3) is 1.86. The van der Waals surface area contributed by atoms with Crippen LogP contribution >= 0.6 is 0 Å². The summed E-state index contributed by atoms with van der Waals surface area (Å²) < 4.78 is 1.85. The van der Waals surface area contributed by atoms with Crippen molar-refractivity contribution in [1.82, 2.24) is 19.7 Å². The van der Waals surface area contributed by atoms with Crippen molar-refractivity contribution in [2.75, 3.05) is 30.8 Å². The fraction of sp³-hybridized carbons (Fsp3) is 0.462. The van der Waals surface area contributed by atoms with Gasteiger partial charge in [0.15, 0.2) is 11.5 Å². The fourth-order valence-corrected chi connectivity index (χ4v) is 2.78. The van der Waals surface area contributed by atoms with Crippen LogP contribution in [-0.2, 0) is 4.79 Å². The van der Waals surface area contributed by atoms with Gasteiger partial charge in [-0.2, -0.15) is 0 Å². The Hall–Kier alpha value is -2.31. The van der Waals surface area contributed by atoms with Crippen LogP contribution in [-0.4, -0.2) is 40.4 Å². The van der Waals surface area contributed by atoms with Crippen molar-refractivity contribution in [2.24, 2.45) is 5.41 Å². The molecule has 1 unspecified atom stereocenters. The molecule has 1 saturated heterocycles. The number of aromatic nitrogens is 3. The Morgan fingerprint density at radius 2 is 2.35 bits per heavy atom. The van der Waals surface area contributed by atoms with Crippen molar-refractivity contribution in [3.05, 3.63) is 18.6 Å². The molecule has 1 amide bonds. The SMILES string of the molecule is CNC(=O)C1(C)CCN(c2nc(N)cn3ccnc23)C1. The number of amides is 1. The summed E-state index contributed by atoms with van der Waals surface area (Å²) in [5.41, 5.74) is 6.21. The van der Waals surface area contributed by atoms with Crippen LogP contribution in [0.4, 0.5) is 11.6 Å². The van der Waals surface area contributed by atoms with Gasteiger partial charge in [-0.15, -0.1) is 0 Å². The molecule has 2 aromatic rings. The molecule has 0 radical (unpaired) electrons. The first-order chi connectivity index (χ1) is 9.53. The van der Waals surface area contributed by atoms with Crippen molar-refractivity contribution >= 4 is 23.2 Å². The van der Waals surface area contributed by atoms with Crippen LogP contribution in [0.1, 0.15) is 13.3 Å². The number of anilines is 2. The van der Waals surface area contributed by atoms with E-state index in [0.29, 0.717) is 12.4 Å². The number of nitrogens with two attached hydrogens (primary N) is 1. The molecule has 0 spiro atoms. The van der Waals surface area contributed by atoms with Gasteiger partial charge in [-0.25, -0.2) is 9.97 Å². The van der Waals surface area contributed by atoms with E-state index in [0.717, 1.165) is 24.4 Å². The van der Waals surface area contributed by atoms with E-state index >= 15 is 0 Å². The monoisotopic (exact) mass is 274 g/mol. The van der Waals surface area contributed by atoms with Crippen molar-refractivity contribution in [2.45, 2.75) is 13.3 Å². The number of nitrogens with zero attached hydrogens (tertiary/aromatic N) is 4. The molecule has 0 saturated carbocycles. The summed E-state index contributed by atoms with van der Waals surface area (Å²) >= 11 is 0. The third-order valence-corrected chi connectivity index (χ3v) is 3.92. The van der Waals surface area contributed by atoms with Gasteiger partial charge in [0.2, 0.25) is 5.91 Å². The Bertz CT molecular complexity index is 666. The number of fused-ring (bicyclic) bond motifs is 1. The zero-order valence-electron chi connectivity index (χ0n) is 11.6. The Labute approximate surface area is 116 Å². The highest BCUT2D eigenvalue weighted by molar-refractivity contribution is 5.84. The van der Waals surface area contributed by atoms with E-state index in [-0.39, 0.29) is 5.91 Å². The molecule has 3 N–H and O–H groups in total. The van der Waals surface area contributed by atoms with Gasteiger partial charge in [0.25, 0.3) is 0 Å². The zero-order valence-corrected chi connectivity index (χ0v) is 11.6. The molecule has 0 aliphatic carbocycles. The molecule has 2 aromatic heterocycles. The fourth-order valence-electron chi connectivity index (χ4n) is 2.78. The summed E-state index contributed by atoms with van der Waals surface area (Å²) in [6, 6.07) is 0. The highest BCUT2D eigenvalue weighted by atomic mass is 16.2. The molecule has 0 aromatic carbocycles. The van der Waals surface area contributed by atoms with Crippen molar-refractivity contribution in [3.63, 3.8) is 0 Å². The Kier molecular flexibility index (Phi) is 2.77. The minimum Gasteiger partial charge on any atom is -0.382 e. The first kappa shape index (κ1) is 12.7. The maximum atomic E-state index is 12.0. The summed E-state index contributed by atoms with van der Waals surface area (Å²) in [5.74, 6) is 1.24. The van der Waals surface area contributed by atoms with Gasteiger partial charge in [0, 0.05) is 32.5 Å². The standard InChI is InChI=1S/C13H18N6O/c1-13(12(20)15-2)3-5-19(8-13)11-10-16-4-6-18(10)7-9(14)17-11/h4,6-7H,3,5,8,14H2,1-2H3,(H,15,20). The molecule has 1 aliphatic rings. The highest BCUT2D eigenvalue weighted by Gasteiger charge is 2.40. The second-order valence-corrected chi connectivity index (χ2v) is 5.46. The largest absolute Gasteiger partial charge is 0.382 e. The number of carbonyl (C=O) groups excluding carboxylic acids is 1. The van der Waals surface area contributed by atoms with E-state index in [2.05, 4.69) is 20.2 Å². The first-order valence-electron chi connectivity index (χ1n) is 6.60. The molecule has 3 heterocycles. The van der Waals surface area contributed by atoms with Crippen LogP contribution in [0, 0.1) is 5.41 Å². The molecule has 7 heteroatoms. The summed E-state index contributed by atoms with van der Waals surface area (Å²) in [4.78, 5) is 22.8. The van der Waals surface area contributed by atoms with E-state index < -0.39 is 5.41 Å². The van der Waals surface area contributed by atoms with Crippen molar-refractivity contribution in [3.8, 4) is 0 Å². The van der Waals surface area contributed by atoms with Crippen molar-refractivity contribution in [1.29, 1.82) is 0 Å². The molecule has 3 rings (SSSR count). The lowest BCUT2D eigenvalue weighted by atomic mass is 9.89. The summed E-state index contributed by atoms with van der Waals surface area (Å²) in [6.07, 6.45) is 6.08. The van der Waals surface area contributed by atoms with E-state index in [4.69, 9.17) is 5.73 Å². The van der Waals surface area contributed by atoms with Crippen LogP contribution in [0.3, 0.4) is 0 Å². The van der Waals surface area contributed by atoms with Crippen LogP contribution in [0.2, 0.25) is 0 Å². The predicted molar refractivity (Wildman–Crippen MR) is 76.4 cm³/mol. The molecule has 20 heavy (non-hydrogen) atoms. The lowest BCUT2D eigenvalue weighted by Crippen LogP contribution is -2.39. The lowest BCUT2D eigenvalue weighted by Gasteiger charge is -2.23. The molecule has 106 valence electrons. The summed E-state index contributed by atoms with van der Waals surface area (Å²) in [7, 11) is 1.67. The highest BCUT2D eigenvalue weighted by Crippen LogP contribution is 2.34. The minimum atomic E-state index is -0.398. The lowest BCUT2D eigenvalue weighted by molar-refractivity contribution is -0.128. The van der Waals surface area contributed by atoms with Gasteiger partial charge in [0.05, 0.1) is 11.6 Å². The average molecular weight is 274 g/mol. The predicted octanol–water partition coefficient (Wildman–Crippen LogP) is 0.274. The van der Waals surface area contributed by atoms with E-state index in [1.54, 1.807) is 19.4 Å². The van der Waals surface area contributed by atoms with E-state index in [1.165, 1.54) is 0 Å². The summed E-state index contributed by atoms with van der Waals surface area (Å²) in [5, 5.41) is 2.73. The van der Waals surface area contributed by atoms with Gasteiger partial charge >= 0.3 is 0 Å². The maximum Gasteiger partial charge on any atom is 0.227 e. The molecule has 7 nitrogen and oxygen atoms in total. The van der Waals surface area contributed by atoms with Gasteiger partial charge in [0.1, 0.15) is 5.82 Å². The molecule has 1 atom stereocenters. The number of imidazole rings is 1. The van der Waals surface area contributed by atoms with Crippen LogP contribution in [0.5, 0.6) is 0 Å². The van der Waals surface area contributed by atoms with Crippen molar-refractivity contribution < 1.29 is 4.79 Å². The number of nitrogen functional groups attached to an aromatic ring is 1. The number of hydrogen-bond donors (Lipinski definition) is 2. The minimum absolute atomic E-state index is 0.0586. The smallest absolute Gasteiger partial charge is 0.227 e. The molecule has 0 bridgehead atoms. The number of hydrogen-bond acceptors (Lipinski definition) is 5. The second kappa shape index (κ2) is 4.36. The Morgan fingerprint density at radius 3 is 3.10 bits per heavy atom. The van der Waals surface area contributed by atoms with Gasteiger partial charge in [-0.05, 0) is 13.3 Å². The summed E-state index contributed by atoms with van der Waals surface area (Å²) in [6.45, 7) is 3.36. The Balaban J connectivity index is 1.97. The average Bonchev–Trinajstić information content (AvgIpc) is 3.04. The Morgan fingerprint density at radius 1 is 1.55 bits per heavy atom. The zero-order chi connectivity index (χ0) is 14.3. The van der Waals surface area contributed by atoms with E-state index in [1.807, 2.05) is 17.5 Å². The van der Waals surface area contributed by atoms with Gasteiger partial charge in [-0.3, -0.25) is 4.79 Å². The number of rotatable bonds is 2. The van der Waals surface area contributed by atoms with Crippen LogP contribution in [0.15, 0.2) is 18.6 Å². The first-order valence-corrected chi connectivity index (χ1v) is 6.60. The van der Waals surface area contributed by atoms with E-state index in [9.17, 15) is 4.79 Å². The van der Waals surface area contributed by atoms with Gasteiger partial charge < -0.3 is 20.4 Å². The number of carbonyl (C=O) groups is 1. The topological polar surface area (TPSA) is 88.5 Å². The molecule has 1 fully saturated rings. The molecular weight excluding hydrogens is 256 g/mol. The molecule has 1 aliphatic heterocycles. The second-order valence-electron chi connectivity index (χ2n) is 5.46. The van der Waals surface area contributed by atoms with Crippen LogP contribution < -0.4 is 16.0 Å². The normalized spacial score (nSPS) is 22.4.